The van der Waals surface area contributed by atoms with Crippen LogP contribution in [-0.2, 0) is 12.8 Å². The van der Waals surface area contributed by atoms with Crippen LogP contribution in [0.4, 0.5) is 0 Å². The number of thiophene rings is 2. The first-order valence-corrected chi connectivity index (χ1v) is 9.82. The summed E-state index contributed by atoms with van der Waals surface area (Å²) in [5.41, 5.74) is 1.42. The molecule has 0 fully saturated rings. The van der Waals surface area contributed by atoms with E-state index in [1.807, 2.05) is 19.1 Å². The van der Waals surface area contributed by atoms with E-state index in [1.54, 1.807) is 40.8 Å². The van der Waals surface area contributed by atoms with Gasteiger partial charge in [-0.1, -0.05) is 11.8 Å². The number of hydrogen-bond donors (Lipinski definition) is 0. The number of hydrogen-bond acceptors (Lipinski definition) is 6. The van der Waals surface area contributed by atoms with E-state index in [9.17, 15) is 4.79 Å². The molecular weight excluding hydrogens is 332 g/mol. The fourth-order valence-corrected chi connectivity index (χ4v) is 5.90. The molecule has 3 nitrogen and oxygen atoms in total. The van der Waals surface area contributed by atoms with E-state index in [1.165, 1.54) is 27.1 Å². The fraction of sp³-hybridized carbons (Fsp3) is 0.312. The average Bonchev–Trinajstić information content (AvgIpc) is 3.19. The summed E-state index contributed by atoms with van der Waals surface area (Å²) >= 11 is 4.90. The van der Waals surface area contributed by atoms with Crippen molar-refractivity contribution in [2.24, 2.45) is 0 Å². The Morgan fingerprint density at radius 3 is 3.00 bits per heavy atom. The minimum absolute atomic E-state index is 0.182. The SMILES string of the molecule is Cc1ccc(C(=O)CSc2ncnc3sc4c(c23)CCC4)s1. The van der Waals surface area contributed by atoms with Gasteiger partial charge in [-0.25, -0.2) is 9.97 Å². The van der Waals surface area contributed by atoms with Gasteiger partial charge in [0, 0.05) is 15.1 Å². The molecule has 1 aliphatic rings. The lowest BCUT2D eigenvalue weighted by atomic mass is 10.2. The van der Waals surface area contributed by atoms with Crippen molar-refractivity contribution in [3.63, 3.8) is 0 Å². The minimum atomic E-state index is 0.182. The molecule has 4 rings (SSSR count). The van der Waals surface area contributed by atoms with Crippen molar-refractivity contribution in [3.05, 3.63) is 38.7 Å². The molecule has 3 aromatic rings. The number of Topliss-reactive ketones (excluding diaryl/α,β-unsaturated/α-hetero) is 1. The normalized spacial score (nSPS) is 13.7. The molecule has 112 valence electrons. The molecule has 0 atom stereocenters. The molecule has 22 heavy (non-hydrogen) atoms. The summed E-state index contributed by atoms with van der Waals surface area (Å²) in [5.74, 6) is 0.623. The Morgan fingerprint density at radius 1 is 1.27 bits per heavy atom. The first kappa shape index (κ1) is 14.4. The molecule has 0 N–H and O–H groups in total. The molecule has 0 radical (unpaired) electrons. The van der Waals surface area contributed by atoms with Crippen LogP contribution in [0.3, 0.4) is 0 Å². The second-order valence-corrected chi connectivity index (χ2v) is 8.67. The Morgan fingerprint density at radius 2 is 2.18 bits per heavy atom. The number of ketones is 1. The topological polar surface area (TPSA) is 42.9 Å². The fourth-order valence-electron chi connectivity index (χ4n) is 2.80. The molecule has 0 saturated heterocycles. The molecule has 3 aromatic heterocycles. The Balaban J connectivity index is 1.61. The Bertz CT molecular complexity index is 866. The van der Waals surface area contributed by atoms with E-state index in [4.69, 9.17) is 0 Å². The molecule has 0 saturated carbocycles. The van der Waals surface area contributed by atoms with Gasteiger partial charge < -0.3 is 0 Å². The minimum Gasteiger partial charge on any atom is -0.292 e. The van der Waals surface area contributed by atoms with E-state index in [2.05, 4.69) is 9.97 Å². The molecule has 0 unspecified atom stereocenters. The number of aromatic nitrogens is 2. The number of rotatable bonds is 4. The van der Waals surface area contributed by atoms with Crippen molar-refractivity contribution >= 4 is 50.4 Å². The van der Waals surface area contributed by atoms with E-state index in [-0.39, 0.29) is 5.78 Å². The Labute approximate surface area is 140 Å². The number of carbonyl (C=O) groups excluding carboxylic acids is 1. The smallest absolute Gasteiger partial charge is 0.183 e. The highest BCUT2D eigenvalue weighted by Crippen LogP contribution is 2.40. The van der Waals surface area contributed by atoms with Crippen LogP contribution in [0.25, 0.3) is 10.2 Å². The molecule has 6 heteroatoms. The largest absolute Gasteiger partial charge is 0.292 e. The molecule has 0 aliphatic heterocycles. The van der Waals surface area contributed by atoms with Gasteiger partial charge in [-0.2, -0.15) is 0 Å². The number of thioether (sulfide) groups is 1. The number of carbonyl (C=O) groups is 1. The summed E-state index contributed by atoms with van der Waals surface area (Å²) in [6.45, 7) is 2.03. The van der Waals surface area contributed by atoms with Gasteiger partial charge in [0.15, 0.2) is 5.78 Å². The molecule has 1 aliphatic carbocycles. The van der Waals surface area contributed by atoms with Gasteiger partial charge in [-0.3, -0.25) is 4.79 Å². The second-order valence-electron chi connectivity index (χ2n) is 5.34. The van der Waals surface area contributed by atoms with Gasteiger partial charge in [0.25, 0.3) is 0 Å². The summed E-state index contributed by atoms with van der Waals surface area (Å²) in [6.07, 6.45) is 5.13. The van der Waals surface area contributed by atoms with E-state index < -0.39 is 0 Å². The quantitative estimate of drug-likeness (QED) is 0.396. The van der Waals surface area contributed by atoms with Crippen LogP contribution >= 0.6 is 34.4 Å². The highest BCUT2D eigenvalue weighted by atomic mass is 32.2. The molecule has 0 bridgehead atoms. The molecule has 0 spiro atoms. The van der Waals surface area contributed by atoms with Gasteiger partial charge in [0.2, 0.25) is 0 Å². The molecule has 3 heterocycles. The van der Waals surface area contributed by atoms with Crippen molar-refractivity contribution in [2.45, 2.75) is 31.2 Å². The van der Waals surface area contributed by atoms with Crippen molar-refractivity contribution in [1.29, 1.82) is 0 Å². The molecular formula is C16H14N2OS3. The lowest BCUT2D eigenvalue weighted by Gasteiger charge is -2.02. The number of fused-ring (bicyclic) bond motifs is 3. The van der Waals surface area contributed by atoms with E-state index in [0.717, 1.165) is 27.6 Å². The Kier molecular flexibility index (Phi) is 3.76. The van der Waals surface area contributed by atoms with E-state index >= 15 is 0 Å². The summed E-state index contributed by atoms with van der Waals surface area (Å²) in [4.78, 5) is 25.7. The predicted molar refractivity (Wildman–Crippen MR) is 93.6 cm³/mol. The van der Waals surface area contributed by atoms with Crippen LogP contribution in [-0.4, -0.2) is 21.5 Å². The van der Waals surface area contributed by atoms with Crippen LogP contribution in [0.1, 0.15) is 31.4 Å². The Hall–Kier alpha value is -1.24. The van der Waals surface area contributed by atoms with Crippen molar-refractivity contribution < 1.29 is 4.79 Å². The zero-order valence-electron chi connectivity index (χ0n) is 12.1. The lowest BCUT2D eigenvalue weighted by molar-refractivity contribution is 0.102. The van der Waals surface area contributed by atoms with Crippen LogP contribution in [0, 0.1) is 6.92 Å². The maximum atomic E-state index is 12.3. The van der Waals surface area contributed by atoms with Crippen LogP contribution in [0.15, 0.2) is 23.5 Å². The standard InChI is InChI=1S/C16H14N2OS3/c1-9-5-6-13(21-9)11(19)7-20-15-14-10-3-2-4-12(10)22-16(14)18-8-17-15/h5-6,8H,2-4,7H2,1H3. The first-order valence-electron chi connectivity index (χ1n) is 7.20. The summed E-state index contributed by atoms with van der Waals surface area (Å²) in [6, 6.07) is 3.91. The second kappa shape index (κ2) is 5.76. The van der Waals surface area contributed by atoms with Crippen molar-refractivity contribution in [1.82, 2.24) is 9.97 Å². The van der Waals surface area contributed by atoms with Gasteiger partial charge >= 0.3 is 0 Å². The van der Waals surface area contributed by atoms with Crippen LogP contribution in [0.2, 0.25) is 0 Å². The van der Waals surface area contributed by atoms with Crippen molar-refractivity contribution in [3.8, 4) is 0 Å². The number of aryl methyl sites for hydroxylation is 3. The van der Waals surface area contributed by atoms with Gasteiger partial charge in [0.05, 0.1) is 10.6 Å². The maximum Gasteiger partial charge on any atom is 0.183 e. The highest BCUT2D eigenvalue weighted by Gasteiger charge is 2.21. The zero-order valence-corrected chi connectivity index (χ0v) is 14.5. The number of nitrogens with zero attached hydrogens (tertiary/aromatic N) is 2. The molecule has 0 aromatic carbocycles. The van der Waals surface area contributed by atoms with Gasteiger partial charge in [0.1, 0.15) is 16.2 Å². The summed E-state index contributed by atoms with van der Waals surface area (Å²) in [7, 11) is 0. The third-order valence-electron chi connectivity index (χ3n) is 3.82. The first-order chi connectivity index (χ1) is 10.7. The van der Waals surface area contributed by atoms with Crippen molar-refractivity contribution in [2.75, 3.05) is 5.75 Å². The lowest BCUT2D eigenvalue weighted by Crippen LogP contribution is -2.00. The predicted octanol–water partition coefficient (Wildman–Crippen LogP) is 4.52. The average molecular weight is 347 g/mol. The van der Waals surface area contributed by atoms with E-state index in [0.29, 0.717) is 5.75 Å². The van der Waals surface area contributed by atoms with Gasteiger partial charge in [-0.15, -0.1) is 22.7 Å². The van der Waals surface area contributed by atoms with Crippen LogP contribution in [0.5, 0.6) is 0 Å². The maximum absolute atomic E-state index is 12.3. The third kappa shape index (κ3) is 2.49. The van der Waals surface area contributed by atoms with Crippen LogP contribution < -0.4 is 0 Å². The zero-order chi connectivity index (χ0) is 15.1. The van der Waals surface area contributed by atoms with Gasteiger partial charge in [-0.05, 0) is 43.9 Å². The highest BCUT2D eigenvalue weighted by molar-refractivity contribution is 8.00. The summed E-state index contributed by atoms with van der Waals surface area (Å²) < 4.78 is 0. The monoisotopic (exact) mass is 346 g/mol. The third-order valence-corrected chi connectivity index (χ3v) is 7.05. The molecule has 0 amide bonds. The summed E-state index contributed by atoms with van der Waals surface area (Å²) in [5, 5.41) is 2.16.